The van der Waals surface area contributed by atoms with Crippen LogP contribution in [0, 0.1) is 17.3 Å². The summed E-state index contributed by atoms with van der Waals surface area (Å²) in [6.45, 7) is 10.6. The Balaban J connectivity index is 4.31. The van der Waals surface area contributed by atoms with Crippen molar-refractivity contribution in [2.75, 3.05) is 13.7 Å². The summed E-state index contributed by atoms with van der Waals surface area (Å²) in [6.07, 6.45) is 0.880. The first-order chi connectivity index (χ1) is 7.69. The first-order valence-corrected chi connectivity index (χ1v) is 6.04. The lowest BCUT2D eigenvalue weighted by Crippen LogP contribution is -2.40. The van der Waals surface area contributed by atoms with E-state index in [1.54, 1.807) is 0 Å². The molecule has 0 radical (unpaired) electrons. The van der Waals surface area contributed by atoms with Crippen LogP contribution in [0.5, 0.6) is 0 Å². The molecule has 0 aliphatic rings. The lowest BCUT2D eigenvalue weighted by atomic mass is 9.91. The van der Waals surface area contributed by atoms with Gasteiger partial charge in [-0.25, -0.2) is 0 Å². The van der Waals surface area contributed by atoms with Gasteiger partial charge in [0.1, 0.15) is 5.92 Å². The first kappa shape index (κ1) is 15.9. The molecule has 1 amide bonds. The van der Waals surface area contributed by atoms with Gasteiger partial charge >= 0.3 is 5.97 Å². The minimum absolute atomic E-state index is 0.0583. The van der Waals surface area contributed by atoms with Crippen LogP contribution in [0.25, 0.3) is 0 Å². The summed E-state index contributed by atoms with van der Waals surface area (Å²) in [5.74, 6) is -1.47. The number of amides is 1. The molecule has 0 spiro atoms. The molecule has 0 aromatic carbocycles. The van der Waals surface area contributed by atoms with E-state index in [0.717, 1.165) is 6.42 Å². The third kappa shape index (κ3) is 6.29. The molecular formula is C13H25NO3. The summed E-state index contributed by atoms with van der Waals surface area (Å²) in [5, 5.41) is 2.80. The number of hydrogen-bond donors (Lipinski definition) is 1. The molecule has 0 saturated carbocycles. The summed E-state index contributed by atoms with van der Waals surface area (Å²) in [6, 6.07) is 0. The first-order valence-electron chi connectivity index (χ1n) is 6.04. The zero-order chi connectivity index (χ0) is 13.6. The number of methoxy groups -OCH3 is 1. The minimum atomic E-state index is -0.708. The van der Waals surface area contributed by atoms with Crippen molar-refractivity contribution in [1.29, 1.82) is 0 Å². The van der Waals surface area contributed by atoms with E-state index in [4.69, 9.17) is 0 Å². The van der Waals surface area contributed by atoms with Crippen LogP contribution in [0.3, 0.4) is 0 Å². The number of rotatable bonds is 5. The minimum Gasteiger partial charge on any atom is -0.468 e. The summed E-state index contributed by atoms with van der Waals surface area (Å²) < 4.78 is 4.64. The van der Waals surface area contributed by atoms with Gasteiger partial charge < -0.3 is 10.1 Å². The Kier molecular flexibility index (Phi) is 6.21. The van der Waals surface area contributed by atoms with Crippen molar-refractivity contribution in [1.82, 2.24) is 5.32 Å². The van der Waals surface area contributed by atoms with Crippen LogP contribution >= 0.6 is 0 Å². The molecule has 1 unspecified atom stereocenters. The average molecular weight is 243 g/mol. The maximum absolute atomic E-state index is 11.9. The zero-order valence-corrected chi connectivity index (χ0v) is 11.8. The molecule has 1 atom stereocenters. The van der Waals surface area contributed by atoms with Crippen molar-refractivity contribution in [2.24, 2.45) is 17.3 Å². The summed E-state index contributed by atoms with van der Waals surface area (Å²) in [5.41, 5.74) is 0.172. The number of carbonyl (C=O) groups is 2. The molecule has 0 rings (SSSR count). The van der Waals surface area contributed by atoms with Gasteiger partial charge in [0.25, 0.3) is 0 Å². The smallest absolute Gasteiger partial charge is 0.318 e. The average Bonchev–Trinajstić information content (AvgIpc) is 2.14. The standard InChI is InChI=1S/C13H25NO3/c1-9(2)10(12(16)17-6)11(15)14-8-7-13(3,4)5/h9-10H,7-8H2,1-6H3,(H,14,15). The highest BCUT2D eigenvalue weighted by Gasteiger charge is 2.30. The fourth-order valence-corrected chi connectivity index (χ4v) is 1.48. The quantitative estimate of drug-likeness (QED) is 0.593. The maximum Gasteiger partial charge on any atom is 0.318 e. The Morgan fingerprint density at radius 1 is 1.24 bits per heavy atom. The number of carbonyl (C=O) groups excluding carboxylic acids is 2. The fraction of sp³-hybridized carbons (Fsp3) is 0.846. The van der Waals surface area contributed by atoms with E-state index in [2.05, 4.69) is 30.8 Å². The van der Waals surface area contributed by atoms with Gasteiger partial charge in [0.2, 0.25) is 5.91 Å². The molecule has 0 bridgehead atoms. The van der Waals surface area contributed by atoms with E-state index in [-0.39, 0.29) is 17.2 Å². The predicted molar refractivity (Wildman–Crippen MR) is 67.4 cm³/mol. The molecule has 0 aliphatic heterocycles. The van der Waals surface area contributed by atoms with E-state index in [0.29, 0.717) is 6.54 Å². The van der Waals surface area contributed by atoms with Crippen molar-refractivity contribution in [2.45, 2.75) is 41.0 Å². The van der Waals surface area contributed by atoms with E-state index >= 15 is 0 Å². The second kappa shape index (κ2) is 6.62. The van der Waals surface area contributed by atoms with Crippen LogP contribution in [0.1, 0.15) is 41.0 Å². The Morgan fingerprint density at radius 2 is 1.76 bits per heavy atom. The van der Waals surface area contributed by atoms with Gasteiger partial charge in [-0.05, 0) is 17.8 Å². The molecule has 0 fully saturated rings. The lowest BCUT2D eigenvalue weighted by molar-refractivity contribution is -0.151. The highest BCUT2D eigenvalue weighted by Crippen LogP contribution is 2.18. The number of hydrogen-bond acceptors (Lipinski definition) is 3. The van der Waals surface area contributed by atoms with Gasteiger partial charge in [-0.2, -0.15) is 0 Å². The monoisotopic (exact) mass is 243 g/mol. The van der Waals surface area contributed by atoms with E-state index in [1.807, 2.05) is 13.8 Å². The Bertz CT molecular complexity index is 266. The van der Waals surface area contributed by atoms with Crippen molar-refractivity contribution in [3.63, 3.8) is 0 Å². The Labute approximate surface area is 104 Å². The molecule has 0 aliphatic carbocycles. The number of esters is 1. The number of ether oxygens (including phenoxy) is 1. The molecule has 0 saturated heterocycles. The molecule has 4 heteroatoms. The zero-order valence-electron chi connectivity index (χ0n) is 11.8. The van der Waals surface area contributed by atoms with E-state index in [1.165, 1.54) is 7.11 Å². The van der Waals surface area contributed by atoms with E-state index in [9.17, 15) is 9.59 Å². The molecular weight excluding hydrogens is 218 g/mol. The van der Waals surface area contributed by atoms with Gasteiger partial charge in [0, 0.05) is 6.54 Å². The molecule has 1 N–H and O–H groups in total. The van der Waals surface area contributed by atoms with Crippen LogP contribution in [0.4, 0.5) is 0 Å². The summed E-state index contributed by atoms with van der Waals surface area (Å²) in [4.78, 5) is 23.3. The molecule has 100 valence electrons. The highest BCUT2D eigenvalue weighted by molar-refractivity contribution is 5.97. The highest BCUT2D eigenvalue weighted by atomic mass is 16.5. The van der Waals surface area contributed by atoms with E-state index < -0.39 is 11.9 Å². The molecule has 17 heavy (non-hydrogen) atoms. The lowest BCUT2D eigenvalue weighted by Gasteiger charge is -2.21. The van der Waals surface area contributed by atoms with Crippen LogP contribution < -0.4 is 5.32 Å². The normalized spacial score (nSPS) is 13.4. The maximum atomic E-state index is 11.9. The van der Waals surface area contributed by atoms with Crippen LogP contribution in [-0.2, 0) is 14.3 Å². The van der Waals surface area contributed by atoms with Crippen molar-refractivity contribution in [3.05, 3.63) is 0 Å². The molecule has 4 nitrogen and oxygen atoms in total. The second-order valence-electron chi connectivity index (χ2n) is 5.85. The fourth-order valence-electron chi connectivity index (χ4n) is 1.48. The predicted octanol–water partition coefficient (Wildman–Crippen LogP) is 1.98. The van der Waals surface area contributed by atoms with Gasteiger partial charge in [-0.3, -0.25) is 9.59 Å². The van der Waals surface area contributed by atoms with Crippen molar-refractivity contribution >= 4 is 11.9 Å². The largest absolute Gasteiger partial charge is 0.468 e. The second-order valence-corrected chi connectivity index (χ2v) is 5.85. The van der Waals surface area contributed by atoms with Crippen molar-refractivity contribution in [3.8, 4) is 0 Å². The summed E-state index contributed by atoms with van der Waals surface area (Å²) >= 11 is 0. The van der Waals surface area contributed by atoms with Crippen LogP contribution in [0.2, 0.25) is 0 Å². The third-order valence-electron chi connectivity index (χ3n) is 2.58. The van der Waals surface area contributed by atoms with Crippen molar-refractivity contribution < 1.29 is 14.3 Å². The third-order valence-corrected chi connectivity index (χ3v) is 2.58. The SMILES string of the molecule is COC(=O)C(C(=O)NCCC(C)(C)C)C(C)C. The molecule has 0 aromatic heterocycles. The van der Waals surface area contributed by atoms with Crippen LogP contribution in [-0.4, -0.2) is 25.5 Å². The summed E-state index contributed by atoms with van der Waals surface area (Å²) in [7, 11) is 1.31. The van der Waals surface area contributed by atoms with Gasteiger partial charge in [0.05, 0.1) is 7.11 Å². The topological polar surface area (TPSA) is 55.4 Å². The molecule has 0 heterocycles. The Morgan fingerprint density at radius 3 is 2.12 bits per heavy atom. The van der Waals surface area contributed by atoms with Crippen LogP contribution in [0.15, 0.2) is 0 Å². The van der Waals surface area contributed by atoms with Gasteiger partial charge in [0.15, 0.2) is 0 Å². The van der Waals surface area contributed by atoms with Gasteiger partial charge in [-0.15, -0.1) is 0 Å². The Hall–Kier alpha value is -1.06. The number of nitrogens with one attached hydrogen (secondary N) is 1. The van der Waals surface area contributed by atoms with Gasteiger partial charge in [-0.1, -0.05) is 34.6 Å². The molecule has 0 aromatic rings.